The SMILES string of the molecule is CN(C)S(=O)(=O)Nc1cc(-c2cnc3ccc(Br)cn23)cnc1Cl. The van der Waals surface area contributed by atoms with Crippen LogP contribution in [0.3, 0.4) is 0 Å². The molecular weight excluding hydrogens is 418 g/mol. The zero-order valence-corrected chi connectivity index (χ0v) is 15.9. The molecule has 0 saturated heterocycles. The Hall–Kier alpha value is -1.68. The molecular formula is C14H13BrClN5O2S. The van der Waals surface area contributed by atoms with E-state index in [2.05, 4.69) is 30.6 Å². The molecule has 0 spiro atoms. The van der Waals surface area contributed by atoms with E-state index in [-0.39, 0.29) is 10.8 Å². The van der Waals surface area contributed by atoms with Crippen LogP contribution in [0.15, 0.2) is 41.3 Å². The molecule has 0 aliphatic carbocycles. The molecule has 0 aliphatic rings. The van der Waals surface area contributed by atoms with Crippen molar-refractivity contribution in [3.05, 3.63) is 46.4 Å². The molecule has 126 valence electrons. The molecule has 0 saturated carbocycles. The number of hydrogen-bond acceptors (Lipinski definition) is 4. The lowest BCUT2D eigenvalue weighted by atomic mass is 10.2. The number of pyridine rings is 2. The van der Waals surface area contributed by atoms with E-state index in [0.717, 1.165) is 20.1 Å². The van der Waals surface area contributed by atoms with Crippen LogP contribution in [-0.2, 0) is 10.2 Å². The Morgan fingerprint density at radius 2 is 2.00 bits per heavy atom. The normalized spacial score (nSPS) is 12.0. The lowest BCUT2D eigenvalue weighted by Crippen LogP contribution is -2.29. The molecule has 3 aromatic heterocycles. The van der Waals surface area contributed by atoms with E-state index in [4.69, 9.17) is 11.6 Å². The minimum Gasteiger partial charge on any atom is -0.298 e. The van der Waals surface area contributed by atoms with Crippen LogP contribution in [0.2, 0.25) is 5.15 Å². The monoisotopic (exact) mass is 429 g/mol. The number of nitrogens with one attached hydrogen (secondary N) is 1. The van der Waals surface area contributed by atoms with Crippen LogP contribution in [-0.4, -0.2) is 41.2 Å². The number of fused-ring (bicyclic) bond motifs is 1. The molecule has 0 amide bonds. The van der Waals surface area contributed by atoms with Crippen molar-refractivity contribution in [2.75, 3.05) is 18.8 Å². The topological polar surface area (TPSA) is 79.6 Å². The molecule has 7 nitrogen and oxygen atoms in total. The first-order chi connectivity index (χ1) is 11.3. The number of aromatic nitrogens is 3. The van der Waals surface area contributed by atoms with E-state index in [1.165, 1.54) is 14.1 Å². The second kappa shape index (κ2) is 6.32. The summed E-state index contributed by atoms with van der Waals surface area (Å²) in [5, 5.41) is 0.0687. The van der Waals surface area contributed by atoms with Crippen molar-refractivity contribution in [2.24, 2.45) is 0 Å². The average molecular weight is 431 g/mol. The number of anilines is 1. The van der Waals surface area contributed by atoms with Gasteiger partial charge in [0.1, 0.15) is 5.65 Å². The summed E-state index contributed by atoms with van der Waals surface area (Å²) in [5.41, 5.74) is 2.41. The molecule has 3 heterocycles. The Morgan fingerprint density at radius 1 is 1.25 bits per heavy atom. The Morgan fingerprint density at radius 3 is 2.71 bits per heavy atom. The fourth-order valence-corrected chi connectivity index (χ4v) is 3.22. The molecule has 0 aliphatic heterocycles. The first kappa shape index (κ1) is 17.2. The van der Waals surface area contributed by atoms with Crippen molar-refractivity contribution in [1.82, 2.24) is 18.7 Å². The zero-order valence-electron chi connectivity index (χ0n) is 12.7. The molecule has 0 atom stereocenters. The fraction of sp³-hybridized carbons (Fsp3) is 0.143. The second-order valence-corrected chi connectivity index (χ2v) is 8.33. The van der Waals surface area contributed by atoms with Gasteiger partial charge in [-0.05, 0) is 34.1 Å². The van der Waals surface area contributed by atoms with Gasteiger partial charge in [-0.15, -0.1) is 0 Å². The average Bonchev–Trinajstić information content (AvgIpc) is 2.92. The summed E-state index contributed by atoms with van der Waals surface area (Å²) in [6, 6.07) is 5.39. The standard InChI is InChI=1S/C14H13BrClN5O2S/c1-20(2)24(22,23)19-11-5-9(6-18-14(11)16)12-7-17-13-4-3-10(15)8-21(12)13/h3-8,19H,1-2H3. The highest BCUT2D eigenvalue weighted by Gasteiger charge is 2.17. The molecule has 1 N–H and O–H groups in total. The van der Waals surface area contributed by atoms with Gasteiger partial charge in [0.2, 0.25) is 0 Å². The quantitative estimate of drug-likeness (QED) is 0.645. The minimum atomic E-state index is -3.68. The van der Waals surface area contributed by atoms with Crippen molar-refractivity contribution in [2.45, 2.75) is 0 Å². The fourth-order valence-electron chi connectivity index (χ4n) is 2.06. The molecule has 0 aromatic carbocycles. The smallest absolute Gasteiger partial charge is 0.298 e. The van der Waals surface area contributed by atoms with Crippen LogP contribution < -0.4 is 4.72 Å². The molecule has 3 aromatic rings. The third-order valence-electron chi connectivity index (χ3n) is 3.32. The van der Waals surface area contributed by atoms with Crippen molar-refractivity contribution < 1.29 is 8.42 Å². The van der Waals surface area contributed by atoms with E-state index < -0.39 is 10.2 Å². The summed E-state index contributed by atoms with van der Waals surface area (Å²) in [6.07, 6.45) is 5.13. The van der Waals surface area contributed by atoms with E-state index >= 15 is 0 Å². The largest absolute Gasteiger partial charge is 0.301 e. The highest BCUT2D eigenvalue weighted by atomic mass is 79.9. The molecule has 0 fully saturated rings. The van der Waals surface area contributed by atoms with Gasteiger partial charge in [-0.1, -0.05) is 11.6 Å². The van der Waals surface area contributed by atoms with E-state index in [1.807, 2.05) is 22.7 Å². The predicted molar refractivity (Wildman–Crippen MR) is 97.4 cm³/mol. The van der Waals surface area contributed by atoms with Crippen molar-refractivity contribution in [3.8, 4) is 11.3 Å². The molecule has 0 radical (unpaired) electrons. The van der Waals surface area contributed by atoms with Crippen molar-refractivity contribution in [1.29, 1.82) is 0 Å². The van der Waals surface area contributed by atoms with Gasteiger partial charge in [0.15, 0.2) is 5.15 Å². The Bertz CT molecular complexity index is 1020. The maximum Gasteiger partial charge on any atom is 0.301 e. The summed E-state index contributed by atoms with van der Waals surface area (Å²) in [4.78, 5) is 8.40. The molecule has 0 unspecified atom stereocenters. The van der Waals surface area contributed by atoms with Crippen LogP contribution in [0.1, 0.15) is 0 Å². The van der Waals surface area contributed by atoms with Gasteiger partial charge in [0.05, 0.1) is 17.6 Å². The lowest BCUT2D eigenvalue weighted by molar-refractivity contribution is 0.527. The van der Waals surface area contributed by atoms with Crippen molar-refractivity contribution in [3.63, 3.8) is 0 Å². The minimum absolute atomic E-state index is 0.0687. The molecule has 24 heavy (non-hydrogen) atoms. The molecule has 3 rings (SSSR count). The molecule has 0 bridgehead atoms. The van der Waals surface area contributed by atoms with Gasteiger partial charge in [0.25, 0.3) is 0 Å². The summed E-state index contributed by atoms with van der Waals surface area (Å²) >= 11 is 9.45. The Kier molecular flexibility index (Phi) is 4.52. The Labute approximate surface area is 152 Å². The van der Waals surface area contributed by atoms with Crippen LogP contribution in [0.25, 0.3) is 16.9 Å². The van der Waals surface area contributed by atoms with Gasteiger partial charge in [-0.2, -0.15) is 12.7 Å². The predicted octanol–water partition coefficient (Wildman–Crippen LogP) is 3.03. The van der Waals surface area contributed by atoms with Gasteiger partial charge in [-0.25, -0.2) is 9.97 Å². The zero-order chi connectivity index (χ0) is 17.5. The third-order valence-corrected chi connectivity index (χ3v) is 5.53. The van der Waals surface area contributed by atoms with Crippen LogP contribution in [0.4, 0.5) is 5.69 Å². The summed E-state index contributed by atoms with van der Waals surface area (Å²) < 4.78 is 30.3. The summed E-state index contributed by atoms with van der Waals surface area (Å²) in [5.74, 6) is 0. The Balaban J connectivity index is 2.09. The van der Waals surface area contributed by atoms with Crippen LogP contribution >= 0.6 is 27.5 Å². The number of hydrogen-bond donors (Lipinski definition) is 1. The van der Waals surface area contributed by atoms with Gasteiger partial charge in [0, 0.05) is 36.5 Å². The summed E-state index contributed by atoms with van der Waals surface area (Å²) in [7, 11) is -0.827. The maximum absolute atomic E-state index is 12.0. The van der Waals surface area contributed by atoms with E-state index in [1.54, 1.807) is 18.5 Å². The highest BCUT2D eigenvalue weighted by Crippen LogP contribution is 2.28. The third kappa shape index (κ3) is 3.25. The van der Waals surface area contributed by atoms with Crippen LogP contribution in [0, 0.1) is 0 Å². The highest BCUT2D eigenvalue weighted by molar-refractivity contribution is 9.10. The van der Waals surface area contributed by atoms with Gasteiger partial charge >= 0.3 is 10.2 Å². The number of imidazole rings is 1. The summed E-state index contributed by atoms with van der Waals surface area (Å²) in [6.45, 7) is 0. The van der Waals surface area contributed by atoms with Crippen molar-refractivity contribution >= 4 is 49.1 Å². The first-order valence-corrected chi connectivity index (χ1v) is 9.38. The van der Waals surface area contributed by atoms with E-state index in [0.29, 0.717) is 5.56 Å². The lowest BCUT2D eigenvalue weighted by Gasteiger charge is -2.14. The van der Waals surface area contributed by atoms with E-state index in [9.17, 15) is 8.42 Å². The van der Waals surface area contributed by atoms with Gasteiger partial charge in [-0.3, -0.25) is 9.12 Å². The van der Waals surface area contributed by atoms with Crippen LogP contribution in [0.5, 0.6) is 0 Å². The molecule has 10 heteroatoms. The van der Waals surface area contributed by atoms with Gasteiger partial charge < -0.3 is 0 Å². The maximum atomic E-state index is 12.0. The first-order valence-electron chi connectivity index (χ1n) is 6.77. The number of nitrogens with zero attached hydrogens (tertiary/aromatic N) is 4. The number of halogens is 2. The number of rotatable bonds is 4. The second-order valence-electron chi connectivity index (χ2n) is 5.17.